The van der Waals surface area contributed by atoms with E-state index in [1.54, 1.807) is 4.90 Å². The molecule has 3 N–H and O–H groups in total. The predicted octanol–water partition coefficient (Wildman–Crippen LogP) is 0.710. The highest BCUT2D eigenvalue weighted by Crippen LogP contribution is 2.29. The lowest BCUT2D eigenvalue weighted by Gasteiger charge is -2.39. The maximum atomic E-state index is 13.5. The Kier molecular flexibility index (Phi) is 11.7. The van der Waals surface area contributed by atoms with Gasteiger partial charge in [-0.2, -0.15) is 0 Å². The second-order valence-electron chi connectivity index (χ2n) is 8.82. The Balaban J connectivity index is 2.10. The molecular weight excluding hydrogens is 444 g/mol. The van der Waals surface area contributed by atoms with Crippen molar-refractivity contribution in [3.63, 3.8) is 0 Å². The number of nitrogens with one attached hydrogen (secondary N) is 3. The van der Waals surface area contributed by atoms with Crippen molar-refractivity contribution < 1.29 is 33.4 Å². The number of amides is 4. The normalized spacial score (nSPS) is 18.8. The summed E-state index contributed by atoms with van der Waals surface area (Å²) >= 11 is 0. The lowest BCUT2D eigenvalue weighted by atomic mass is 9.80. The van der Waals surface area contributed by atoms with Crippen molar-refractivity contribution >= 4 is 23.6 Å². The number of ether oxygens (including phenoxy) is 3. The van der Waals surface area contributed by atoms with Gasteiger partial charge < -0.3 is 35.1 Å². The Labute approximate surface area is 201 Å². The predicted molar refractivity (Wildman–Crippen MR) is 124 cm³/mol. The Morgan fingerprint density at radius 3 is 2.26 bits per heavy atom. The zero-order valence-corrected chi connectivity index (χ0v) is 20.7. The van der Waals surface area contributed by atoms with Gasteiger partial charge in [-0.05, 0) is 19.3 Å². The fourth-order valence-corrected chi connectivity index (χ4v) is 4.27. The molecule has 1 heterocycles. The molecule has 4 amide bonds. The number of Topliss-reactive ketones (excluding diaryl/α,β-unsaturated/α-hetero) is 1. The molecule has 0 unspecified atom stereocenters. The maximum absolute atomic E-state index is 13.5. The first-order valence-corrected chi connectivity index (χ1v) is 12.2. The lowest BCUT2D eigenvalue weighted by molar-refractivity contribution is -0.143. The number of carbonyl (C=O) groups excluding carboxylic acids is 4. The van der Waals surface area contributed by atoms with Crippen LogP contribution in [0.25, 0.3) is 0 Å². The molecule has 0 aromatic rings. The summed E-state index contributed by atoms with van der Waals surface area (Å²) in [5.41, 5.74) is -1.11. The molecule has 1 aliphatic heterocycles. The molecule has 1 atom stereocenters. The Morgan fingerprint density at radius 1 is 1.03 bits per heavy atom. The Hall–Kier alpha value is -2.24. The molecule has 34 heavy (non-hydrogen) atoms. The first-order valence-electron chi connectivity index (χ1n) is 12.2. The smallest absolute Gasteiger partial charge is 0.318 e. The van der Waals surface area contributed by atoms with E-state index in [1.807, 2.05) is 6.92 Å². The van der Waals surface area contributed by atoms with Gasteiger partial charge in [-0.3, -0.25) is 14.4 Å². The molecule has 11 heteroatoms. The van der Waals surface area contributed by atoms with Crippen LogP contribution in [-0.4, -0.2) is 93.5 Å². The summed E-state index contributed by atoms with van der Waals surface area (Å²) in [7, 11) is 2.86. The van der Waals surface area contributed by atoms with Gasteiger partial charge in [0.2, 0.25) is 11.7 Å². The van der Waals surface area contributed by atoms with E-state index < -0.39 is 35.5 Å². The molecule has 1 saturated carbocycles. The number of ketones is 1. The molecule has 2 aliphatic rings. The third kappa shape index (κ3) is 7.92. The van der Waals surface area contributed by atoms with Crippen molar-refractivity contribution in [2.75, 3.05) is 47.1 Å². The molecule has 0 aromatic heterocycles. The van der Waals surface area contributed by atoms with Crippen LogP contribution in [0.3, 0.4) is 0 Å². The van der Waals surface area contributed by atoms with Gasteiger partial charge in [0, 0.05) is 27.3 Å². The van der Waals surface area contributed by atoms with E-state index in [-0.39, 0.29) is 12.6 Å². The fourth-order valence-electron chi connectivity index (χ4n) is 4.27. The topological polar surface area (TPSA) is 135 Å². The number of hydrogen-bond acceptors (Lipinski definition) is 7. The van der Waals surface area contributed by atoms with Gasteiger partial charge in [0.1, 0.15) is 5.54 Å². The second kappa shape index (κ2) is 14.2. The van der Waals surface area contributed by atoms with Crippen molar-refractivity contribution in [3.8, 4) is 0 Å². The van der Waals surface area contributed by atoms with Crippen LogP contribution in [0.4, 0.5) is 4.79 Å². The van der Waals surface area contributed by atoms with Crippen LogP contribution >= 0.6 is 0 Å². The quantitative estimate of drug-likeness (QED) is 0.274. The van der Waals surface area contributed by atoms with E-state index in [1.165, 1.54) is 14.2 Å². The highest BCUT2D eigenvalue weighted by Gasteiger charge is 2.43. The van der Waals surface area contributed by atoms with Crippen LogP contribution in [0.1, 0.15) is 58.3 Å². The van der Waals surface area contributed by atoms with Crippen molar-refractivity contribution in [3.05, 3.63) is 0 Å². The number of nitrogens with zero attached hydrogens (tertiary/aromatic N) is 1. The minimum absolute atomic E-state index is 0.00552. The molecule has 1 saturated heterocycles. The summed E-state index contributed by atoms with van der Waals surface area (Å²) in [5, 5.41) is 8.26. The number of carbonyl (C=O) groups is 4. The molecule has 0 radical (unpaired) electrons. The molecule has 2 rings (SSSR count). The summed E-state index contributed by atoms with van der Waals surface area (Å²) in [6.07, 6.45) is 4.65. The molecule has 2 fully saturated rings. The van der Waals surface area contributed by atoms with E-state index in [0.717, 1.165) is 25.7 Å². The highest BCUT2D eigenvalue weighted by molar-refractivity contribution is 6.38. The Morgan fingerprint density at radius 2 is 1.68 bits per heavy atom. The molecule has 11 nitrogen and oxygen atoms in total. The van der Waals surface area contributed by atoms with E-state index in [0.29, 0.717) is 52.0 Å². The fraction of sp³-hybridized carbons (Fsp3) is 0.826. The van der Waals surface area contributed by atoms with E-state index in [2.05, 4.69) is 16.0 Å². The minimum Gasteiger partial charge on any atom is -0.378 e. The van der Waals surface area contributed by atoms with Crippen LogP contribution in [-0.2, 0) is 28.6 Å². The van der Waals surface area contributed by atoms with Crippen LogP contribution in [0.2, 0.25) is 0 Å². The number of unbranched alkanes of at least 4 members (excludes halogenated alkanes) is 1. The van der Waals surface area contributed by atoms with Crippen molar-refractivity contribution in [2.45, 2.75) is 76.2 Å². The average Bonchev–Trinajstić information content (AvgIpc) is 2.87. The van der Waals surface area contributed by atoms with Crippen LogP contribution in [0.5, 0.6) is 0 Å². The summed E-state index contributed by atoms with van der Waals surface area (Å²) in [6.45, 7) is 3.82. The number of methoxy groups -OCH3 is 2. The zero-order valence-electron chi connectivity index (χ0n) is 20.7. The molecule has 194 valence electrons. The Bertz CT molecular complexity index is 687. The zero-order chi connectivity index (χ0) is 25.0. The lowest BCUT2D eigenvalue weighted by Crippen LogP contribution is -2.64. The number of morpholine rings is 1. The molecule has 0 spiro atoms. The van der Waals surface area contributed by atoms with Crippen molar-refractivity contribution in [1.82, 2.24) is 20.9 Å². The largest absolute Gasteiger partial charge is 0.378 e. The van der Waals surface area contributed by atoms with Gasteiger partial charge in [0.05, 0.1) is 25.8 Å². The molecule has 0 bridgehead atoms. The van der Waals surface area contributed by atoms with Crippen molar-refractivity contribution in [1.29, 1.82) is 0 Å². The van der Waals surface area contributed by atoms with Crippen LogP contribution in [0, 0.1) is 0 Å². The third-order valence-electron chi connectivity index (χ3n) is 6.43. The van der Waals surface area contributed by atoms with Gasteiger partial charge in [-0.15, -0.1) is 0 Å². The van der Waals surface area contributed by atoms with Gasteiger partial charge in [-0.1, -0.05) is 39.0 Å². The highest BCUT2D eigenvalue weighted by atomic mass is 16.7. The molecule has 1 aliphatic carbocycles. The standard InChI is InChI=1S/C23H40N4O7/c1-4-5-9-17(19(28)20(29)24-16-18(32-2)33-3)25-21(30)23(10-7-6-8-11-23)26-22(31)27-12-14-34-15-13-27/h17-18H,4-16H2,1-3H3,(H,24,29)(H,25,30)(H,26,31)/t17-/m0/s1. The molecular formula is C23H40N4O7. The van der Waals surface area contributed by atoms with E-state index in [4.69, 9.17) is 14.2 Å². The van der Waals surface area contributed by atoms with Crippen LogP contribution in [0.15, 0.2) is 0 Å². The van der Waals surface area contributed by atoms with E-state index in [9.17, 15) is 19.2 Å². The average molecular weight is 485 g/mol. The number of rotatable bonds is 12. The van der Waals surface area contributed by atoms with E-state index >= 15 is 0 Å². The molecule has 0 aromatic carbocycles. The SMILES string of the molecule is CCCC[C@H](NC(=O)C1(NC(=O)N2CCOCC2)CCCCC1)C(=O)C(=O)NCC(OC)OC. The second-order valence-corrected chi connectivity index (χ2v) is 8.82. The van der Waals surface area contributed by atoms with Gasteiger partial charge in [0.25, 0.3) is 5.91 Å². The summed E-state index contributed by atoms with van der Waals surface area (Å²) < 4.78 is 15.4. The van der Waals surface area contributed by atoms with Gasteiger partial charge in [0.15, 0.2) is 6.29 Å². The monoisotopic (exact) mass is 484 g/mol. The first-order chi connectivity index (χ1) is 16.4. The maximum Gasteiger partial charge on any atom is 0.318 e. The van der Waals surface area contributed by atoms with Crippen molar-refractivity contribution in [2.24, 2.45) is 0 Å². The number of urea groups is 1. The third-order valence-corrected chi connectivity index (χ3v) is 6.43. The minimum atomic E-state index is -1.11. The number of hydrogen-bond donors (Lipinski definition) is 3. The summed E-state index contributed by atoms with van der Waals surface area (Å²) in [6, 6.07) is -1.28. The summed E-state index contributed by atoms with van der Waals surface area (Å²) in [5.74, 6) is -1.95. The summed E-state index contributed by atoms with van der Waals surface area (Å²) in [4.78, 5) is 53.5. The van der Waals surface area contributed by atoms with Gasteiger partial charge in [-0.25, -0.2) is 4.79 Å². The van der Waals surface area contributed by atoms with Crippen LogP contribution < -0.4 is 16.0 Å². The first kappa shape index (κ1) is 28.0. The van der Waals surface area contributed by atoms with Gasteiger partial charge >= 0.3 is 6.03 Å².